The molecule has 0 aliphatic carbocycles. The van der Waals surface area contributed by atoms with Crippen LogP contribution in [0.1, 0.15) is 42.2 Å². The Bertz CT molecular complexity index is 1650. The van der Waals surface area contributed by atoms with Gasteiger partial charge in [0.2, 0.25) is 0 Å². The zero-order chi connectivity index (χ0) is 29.4. The summed E-state index contributed by atoms with van der Waals surface area (Å²) in [5.41, 5.74) is 2.10. The number of pyridine rings is 1. The third-order valence-electron chi connectivity index (χ3n) is 7.84. The summed E-state index contributed by atoms with van der Waals surface area (Å²) in [6, 6.07) is 9.92. The van der Waals surface area contributed by atoms with Crippen LogP contribution in [0.15, 0.2) is 49.1 Å². The number of aliphatic hydroxyl groups is 1. The number of anilines is 2. The molecule has 2 atom stereocenters. The fourth-order valence-electron chi connectivity index (χ4n) is 5.17. The van der Waals surface area contributed by atoms with Crippen molar-refractivity contribution in [3.8, 4) is 17.5 Å². The number of alkyl halides is 1. The Kier molecular flexibility index (Phi) is 7.36. The van der Waals surface area contributed by atoms with E-state index in [0.717, 1.165) is 38.2 Å². The number of carbonyl (C=O) groups excluding carboxylic acids is 1. The lowest BCUT2D eigenvalue weighted by Crippen LogP contribution is -2.47. The molecule has 4 aromatic heterocycles. The van der Waals surface area contributed by atoms with Crippen molar-refractivity contribution in [3.05, 3.63) is 60.2 Å². The molecule has 1 amide bonds. The molecule has 2 aliphatic rings. The molecule has 0 saturated carbocycles. The van der Waals surface area contributed by atoms with Crippen LogP contribution < -0.4 is 10.6 Å². The van der Waals surface area contributed by atoms with Gasteiger partial charge in [-0.15, -0.1) is 0 Å². The van der Waals surface area contributed by atoms with E-state index >= 15 is 0 Å². The van der Waals surface area contributed by atoms with Crippen molar-refractivity contribution >= 4 is 22.8 Å². The summed E-state index contributed by atoms with van der Waals surface area (Å²) in [7, 11) is 0. The lowest BCUT2D eigenvalue weighted by Gasteiger charge is -2.34. The number of aromatic nitrogens is 5. The molecule has 4 aromatic rings. The molecule has 0 bridgehead atoms. The molecular weight excluding hydrogens is 541 g/mol. The van der Waals surface area contributed by atoms with Crippen LogP contribution in [0.2, 0.25) is 0 Å². The van der Waals surface area contributed by atoms with Crippen LogP contribution in [0.3, 0.4) is 0 Å². The number of hydrogen-bond donors (Lipinski definition) is 3. The molecule has 12 nitrogen and oxygen atoms in total. The summed E-state index contributed by atoms with van der Waals surface area (Å²) in [5.74, 6) is -0.540. The summed E-state index contributed by atoms with van der Waals surface area (Å²) in [6.07, 6.45) is 5.85. The largest absolute Gasteiger partial charge is 0.387 e. The van der Waals surface area contributed by atoms with Gasteiger partial charge in [0, 0.05) is 25.5 Å². The van der Waals surface area contributed by atoms with E-state index in [9.17, 15) is 19.6 Å². The zero-order valence-electron chi connectivity index (χ0n) is 23.4. The molecule has 13 heteroatoms. The van der Waals surface area contributed by atoms with Gasteiger partial charge < -0.3 is 20.5 Å². The van der Waals surface area contributed by atoms with Crippen molar-refractivity contribution < 1.29 is 19.0 Å². The monoisotopic (exact) mass is 573 g/mol. The van der Waals surface area contributed by atoms with Gasteiger partial charge in [-0.25, -0.2) is 8.91 Å². The number of halogens is 1. The van der Waals surface area contributed by atoms with Crippen molar-refractivity contribution in [2.45, 2.75) is 44.1 Å². The summed E-state index contributed by atoms with van der Waals surface area (Å²) in [5, 5.41) is 34.0. The molecule has 2 saturated heterocycles. The highest BCUT2D eigenvalue weighted by Crippen LogP contribution is 2.30. The molecule has 1 unspecified atom stereocenters. The van der Waals surface area contributed by atoms with E-state index in [4.69, 9.17) is 4.74 Å². The first-order valence-electron chi connectivity index (χ1n) is 13.9. The molecule has 2 aliphatic heterocycles. The maximum absolute atomic E-state index is 14.4. The number of likely N-dealkylation sites (tertiary alicyclic amines) is 1. The van der Waals surface area contributed by atoms with E-state index in [1.807, 2.05) is 23.0 Å². The molecule has 0 aromatic carbocycles. The minimum absolute atomic E-state index is 0.201. The van der Waals surface area contributed by atoms with Crippen molar-refractivity contribution in [2.24, 2.45) is 0 Å². The Morgan fingerprint density at radius 3 is 2.81 bits per heavy atom. The third-order valence-corrected chi connectivity index (χ3v) is 7.84. The number of nitriles is 1. The van der Waals surface area contributed by atoms with Crippen LogP contribution in [0, 0.1) is 11.3 Å². The van der Waals surface area contributed by atoms with Gasteiger partial charge in [-0.1, -0.05) is 0 Å². The second-order valence-electron chi connectivity index (χ2n) is 11.3. The van der Waals surface area contributed by atoms with Gasteiger partial charge in [0.05, 0.1) is 89.2 Å². The average Bonchev–Trinajstić information content (AvgIpc) is 3.69. The van der Waals surface area contributed by atoms with Crippen molar-refractivity contribution in [1.82, 2.24) is 34.6 Å². The molecule has 218 valence electrons. The first-order chi connectivity index (χ1) is 20.2. The normalized spacial score (nSPS) is 18.5. The van der Waals surface area contributed by atoms with Gasteiger partial charge in [0.25, 0.3) is 5.91 Å². The standard InChI is InChI=1S/C29H32FN9O3/c1-29(2,41)27(30)13-33-28(40)23-12-32-25(26-4-3-20-7-18(9-31)10-35-39(20)26)8-24(23)36-19-11-34-38(14-19)21-5-6-37(15-21)22-16-42-17-22/h3-4,7-8,10-12,14,21-22,27,41H,5-6,13,15-17H2,1-2H3,(H,32,36)(H,33,40)/t21-,27?/m1/s1. The van der Waals surface area contributed by atoms with Gasteiger partial charge >= 0.3 is 0 Å². The highest BCUT2D eigenvalue weighted by atomic mass is 19.1. The molecule has 6 rings (SSSR count). The molecular formula is C29H32FN9O3. The molecule has 6 heterocycles. The fourth-order valence-corrected chi connectivity index (χ4v) is 5.17. The van der Waals surface area contributed by atoms with Crippen molar-refractivity contribution in [3.63, 3.8) is 0 Å². The highest BCUT2D eigenvalue weighted by Gasteiger charge is 2.33. The number of rotatable bonds is 9. The van der Waals surface area contributed by atoms with Crippen LogP contribution in [-0.4, -0.2) is 91.0 Å². The van der Waals surface area contributed by atoms with Gasteiger partial charge in [0.1, 0.15) is 12.2 Å². The molecule has 0 radical (unpaired) electrons. The minimum atomic E-state index is -1.66. The Labute approximate surface area is 241 Å². The maximum Gasteiger partial charge on any atom is 0.255 e. The zero-order valence-corrected chi connectivity index (χ0v) is 23.4. The third kappa shape index (κ3) is 5.56. The first kappa shape index (κ1) is 27.8. The number of hydrogen-bond acceptors (Lipinski definition) is 9. The van der Waals surface area contributed by atoms with Crippen LogP contribution >= 0.6 is 0 Å². The van der Waals surface area contributed by atoms with Crippen LogP contribution in [0.4, 0.5) is 15.8 Å². The molecule has 0 spiro atoms. The van der Waals surface area contributed by atoms with Gasteiger partial charge in [-0.3, -0.25) is 19.4 Å². The Morgan fingerprint density at radius 1 is 1.24 bits per heavy atom. The predicted octanol–water partition coefficient (Wildman–Crippen LogP) is 2.69. The van der Waals surface area contributed by atoms with E-state index in [-0.39, 0.29) is 18.2 Å². The van der Waals surface area contributed by atoms with Crippen LogP contribution in [0.25, 0.3) is 16.9 Å². The van der Waals surface area contributed by atoms with Gasteiger partial charge in [-0.05, 0) is 44.5 Å². The Hall–Kier alpha value is -4.38. The molecule has 3 N–H and O–H groups in total. The summed E-state index contributed by atoms with van der Waals surface area (Å²) < 4.78 is 23.3. The highest BCUT2D eigenvalue weighted by molar-refractivity contribution is 6.00. The number of nitrogens with zero attached hydrogens (tertiary/aromatic N) is 7. The van der Waals surface area contributed by atoms with E-state index < -0.39 is 17.7 Å². The number of nitrogens with one attached hydrogen (secondary N) is 2. The van der Waals surface area contributed by atoms with E-state index in [1.54, 1.807) is 22.8 Å². The summed E-state index contributed by atoms with van der Waals surface area (Å²) >= 11 is 0. The number of fused-ring (bicyclic) bond motifs is 1. The smallest absolute Gasteiger partial charge is 0.255 e. The quantitative estimate of drug-likeness (QED) is 0.275. The topological polar surface area (TPSA) is 146 Å². The van der Waals surface area contributed by atoms with Gasteiger partial charge in [0.15, 0.2) is 0 Å². The average molecular weight is 574 g/mol. The lowest BCUT2D eigenvalue weighted by atomic mass is 10.0. The lowest BCUT2D eigenvalue weighted by molar-refractivity contribution is -0.0579. The summed E-state index contributed by atoms with van der Waals surface area (Å²) in [6.45, 7) is 5.79. The van der Waals surface area contributed by atoms with E-state index in [0.29, 0.717) is 34.4 Å². The number of carbonyl (C=O) groups is 1. The minimum Gasteiger partial charge on any atom is -0.387 e. The van der Waals surface area contributed by atoms with Crippen LogP contribution in [-0.2, 0) is 4.74 Å². The predicted molar refractivity (Wildman–Crippen MR) is 152 cm³/mol. The van der Waals surface area contributed by atoms with Crippen molar-refractivity contribution in [2.75, 3.05) is 38.2 Å². The SMILES string of the molecule is CC(C)(O)C(F)CNC(=O)c1cnc(-c2ccc3cc(C#N)cnn23)cc1Nc1cnn([C@@H]2CCN(C3COC3)C2)c1. The fraction of sp³-hybridized carbons (Fsp3) is 0.414. The number of ether oxygens (including phenoxy) is 1. The second-order valence-corrected chi connectivity index (χ2v) is 11.3. The summed E-state index contributed by atoms with van der Waals surface area (Å²) in [4.78, 5) is 20.1. The molecule has 42 heavy (non-hydrogen) atoms. The van der Waals surface area contributed by atoms with Crippen LogP contribution in [0.5, 0.6) is 0 Å². The molecule has 2 fully saturated rings. The Balaban J connectivity index is 1.28. The second kappa shape index (κ2) is 11.1. The van der Waals surface area contributed by atoms with E-state index in [1.165, 1.54) is 26.2 Å². The van der Waals surface area contributed by atoms with E-state index in [2.05, 4.69) is 36.8 Å². The number of amides is 1. The van der Waals surface area contributed by atoms with Crippen molar-refractivity contribution in [1.29, 1.82) is 5.26 Å². The maximum atomic E-state index is 14.4. The van der Waals surface area contributed by atoms with Gasteiger partial charge in [-0.2, -0.15) is 15.5 Å². The first-order valence-corrected chi connectivity index (χ1v) is 13.9. The Morgan fingerprint density at radius 2 is 2.07 bits per heavy atom.